The van der Waals surface area contributed by atoms with Gasteiger partial charge in [0.1, 0.15) is 11.4 Å². The number of thiazole rings is 1. The minimum atomic E-state index is -0.857. The van der Waals surface area contributed by atoms with Gasteiger partial charge < -0.3 is 20.1 Å². The summed E-state index contributed by atoms with van der Waals surface area (Å²) in [6.07, 6.45) is 1.21. The third kappa shape index (κ3) is 6.08. The maximum atomic E-state index is 13.4. The Morgan fingerprint density at radius 2 is 2.02 bits per heavy atom. The predicted molar refractivity (Wildman–Crippen MR) is 151 cm³/mol. The van der Waals surface area contributed by atoms with E-state index >= 15 is 0 Å². The minimum Gasteiger partial charge on any atom is -0.475 e. The molecule has 2 atom stereocenters. The maximum Gasteiger partial charge on any atom is 0.270 e. The van der Waals surface area contributed by atoms with E-state index in [1.54, 1.807) is 51.6 Å². The Bertz CT molecular complexity index is 1370. The lowest BCUT2D eigenvalue weighted by molar-refractivity contribution is -0.135. The summed E-state index contributed by atoms with van der Waals surface area (Å²) in [5.74, 6) is -0.371. The van der Waals surface area contributed by atoms with Crippen LogP contribution in [0.3, 0.4) is 0 Å². The molecule has 4 heterocycles. The number of Topliss-reactive ketones (excluding diaryl/α,β-unsaturated/α-hetero) is 1. The number of ether oxygens (including phenoxy) is 1. The van der Waals surface area contributed by atoms with Gasteiger partial charge in [-0.3, -0.25) is 24.1 Å². The summed E-state index contributed by atoms with van der Waals surface area (Å²) >= 11 is 2.58. The van der Waals surface area contributed by atoms with Crippen molar-refractivity contribution >= 4 is 51.3 Å². The standard InChI is InChI=1S/C28H30N4O6S2/c33-14-11-29-26(36)18-6-3-12-31(16-18)23(34)10-4-13-32(27(37)22-9-5-15-39-22)28-30-20(17-40-28)25-24(35)19-7-1-2-8-21(19)38-25/h1-2,5,7-9,15,17-18,25,33H,3-4,6,10-14,16H2,(H,29,36). The summed E-state index contributed by atoms with van der Waals surface area (Å²) in [4.78, 5) is 60.1. The molecule has 0 radical (unpaired) electrons. The van der Waals surface area contributed by atoms with Crippen molar-refractivity contribution in [3.63, 3.8) is 0 Å². The average molecular weight is 583 g/mol. The molecule has 2 aromatic heterocycles. The highest BCUT2D eigenvalue weighted by Crippen LogP contribution is 2.38. The first-order valence-corrected chi connectivity index (χ1v) is 15.0. The van der Waals surface area contributed by atoms with Gasteiger partial charge in [-0.05, 0) is 42.8 Å². The molecule has 1 aromatic carbocycles. The van der Waals surface area contributed by atoms with Crippen LogP contribution in [0.25, 0.3) is 0 Å². The number of thiophene rings is 1. The van der Waals surface area contributed by atoms with Crippen molar-refractivity contribution in [2.45, 2.75) is 31.8 Å². The van der Waals surface area contributed by atoms with Gasteiger partial charge in [0.15, 0.2) is 5.13 Å². The number of carbonyl (C=O) groups is 4. The second-order valence-electron chi connectivity index (χ2n) is 9.64. The number of hydrogen-bond donors (Lipinski definition) is 2. The fourth-order valence-corrected chi connectivity index (χ4v) is 6.45. The van der Waals surface area contributed by atoms with Crippen LogP contribution in [-0.4, -0.2) is 71.3 Å². The highest BCUT2D eigenvalue weighted by Gasteiger charge is 2.36. The molecule has 2 aliphatic heterocycles. The number of aliphatic hydroxyl groups excluding tert-OH is 1. The Kier molecular flexibility index (Phi) is 8.88. The molecule has 3 aromatic rings. The van der Waals surface area contributed by atoms with Gasteiger partial charge in [0.2, 0.25) is 23.7 Å². The minimum absolute atomic E-state index is 0.0641. The van der Waals surface area contributed by atoms with E-state index in [1.165, 1.54) is 22.7 Å². The third-order valence-electron chi connectivity index (χ3n) is 6.95. The Morgan fingerprint density at radius 3 is 2.80 bits per heavy atom. The number of nitrogens with zero attached hydrogens (tertiary/aromatic N) is 3. The summed E-state index contributed by atoms with van der Waals surface area (Å²) < 4.78 is 5.86. The molecule has 12 heteroatoms. The summed E-state index contributed by atoms with van der Waals surface area (Å²) in [5, 5.41) is 15.6. The zero-order chi connectivity index (χ0) is 28.1. The summed E-state index contributed by atoms with van der Waals surface area (Å²) in [5.41, 5.74) is 0.956. The van der Waals surface area contributed by atoms with Crippen LogP contribution >= 0.6 is 22.7 Å². The van der Waals surface area contributed by atoms with Crippen molar-refractivity contribution in [2.24, 2.45) is 5.92 Å². The van der Waals surface area contributed by atoms with Gasteiger partial charge in [-0.1, -0.05) is 18.2 Å². The molecule has 2 unspecified atom stereocenters. The zero-order valence-electron chi connectivity index (χ0n) is 21.8. The summed E-state index contributed by atoms with van der Waals surface area (Å²) in [6.45, 7) is 1.28. The van der Waals surface area contributed by atoms with Gasteiger partial charge in [0.25, 0.3) is 5.91 Å². The van der Waals surface area contributed by atoms with E-state index in [1.807, 2.05) is 5.38 Å². The van der Waals surface area contributed by atoms with Crippen molar-refractivity contribution in [3.05, 3.63) is 63.3 Å². The Morgan fingerprint density at radius 1 is 1.18 bits per heavy atom. The SMILES string of the molecule is O=C(NCCO)C1CCCN(C(=O)CCCN(C(=O)c2cccs2)c2nc(C3Oc4ccccc4C3=O)cs2)C1. The number of amides is 3. The second-order valence-corrected chi connectivity index (χ2v) is 11.4. The first-order valence-electron chi connectivity index (χ1n) is 13.2. The van der Waals surface area contributed by atoms with Crippen LogP contribution in [0.1, 0.15) is 57.5 Å². The van der Waals surface area contributed by atoms with Gasteiger partial charge in [0.05, 0.1) is 23.0 Å². The van der Waals surface area contributed by atoms with Crippen LogP contribution in [0.4, 0.5) is 5.13 Å². The molecule has 0 bridgehead atoms. The van der Waals surface area contributed by atoms with E-state index in [2.05, 4.69) is 10.3 Å². The molecule has 1 saturated heterocycles. The lowest BCUT2D eigenvalue weighted by Gasteiger charge is -2.32. The van der Waals surface area contributed by atoms with Crippen molar-refractivity contribution in [2.75, 3.05) is 37.7 Å². The Labute approximate surface area is 239 Å². The number of para-hydroxylation sites is 1. The molecular formula is C28H30N4O6S2. The number of rotatable bonds is 10. The fraction of sp³-hybridized carbons (Fsp3) is 0.393. The van der Waals surface area contributed by atoms with Gasteiger partial charge in [-0.15, -0.1) is 22.7 Å². The van der Waals surface area contributed by atoms with E-state index in [9.17, 15) is 19.2 Å². The number of hydrogen-bond acceptors (Lipinski definition) is 9. The average Bonchev–Trinajstić information content (AvgIpc) is 3.75. The predicted octanol–water partition coefficient (Wildman–Crippen LogP) is 3.30. The molecule has 40 heavy (non-hydrogen) atoms. The number of piperidine rings is 1. The molecule has 0 spiro atoms. The van der Waals surface area contributed by atoms with E-state index in [0.29, 0.717) is 52.9 Å². The first kappa shape index (κ1) is 27.9. The second kappa shape index (κ2) is 12.7. The maximum absolute atomic E-state index is 13.4. The van der Waals surface area contributed by atoms with Crippen LogP contribution < -0.4 is 15.0 Å². The zero-order valence-corrected chi connectivity index (χ0v) is 23.4. The van der Waals surface area contributed by atoms with E-state index in [-0.39, 0.29) is 55.5 Å². The summed E-state index contributed by atoms with van der Waals surface area (Å²) in [7, 11) is 0. The van der Waals surface area contributed by atoms with Crippen molar-refractivity contribution < 1.29 is 29.0 Å². The number of anilines is 1. The molecule has 210 valence electrons. The third-order valence-corrected chi connectivity index (χ3v) is 8.69. The Hall–Kier alpha value is -3.61. The molecule has 5 rings (SSSR count). The van der Waals surface area contributed by atoms with Crippen LogP contribution in [-0.2, 0) is 9.59 Å². The van der Waals surface area contributed by atoms with Gasteiger partial charge in [0, 0.05) is 38.0 Å². The molecule has 2 N–H and O–H groups in total. The topological polar surface area (TPSA) is 129 Å². The van der Waals surface area contributed by atoms with Crippen LogP contribution in [0.5, 0.6) is 5.75 Å². The van der Waals surface area contributed by atoms with Crippen LogP contribution in [0.2, 0.25) is 0 Å². The molecule has 0 saturated carbocycles. The number of carbonyl (C=O) groups excluding carboxylic acids is 4. The number of aromatic nitrogens is 1. The van der Waals surface area contributed by atoms with Crippen molar-refractivity contribution in [3.8, 4) is 5.75 Å². The smallest absolute Gasteiger partial charge is 0.270 e. The molecule has 3 amide bonds. The Balaban J connectivity index is 1.24. The van der Waals surface area contributed by atoms with Gasteiger partial charge >= 0.3 is 0 Å². The van der Waals surface area contributed by atoms with Gasteiger partial charge in [-0.25, -0.2) is 4.98 Å². The van der Waals surface area contributed by atoms with Gasteiger partial charge in [-0.2, -0.15) is 0 Å². The highest BCUT2D eigenvalue weighted by atomic mass is 32.1. The highest BCUT2D eigenvalue weighted by molar-refractivity contribution is 7.14. The quantitative estimate of drug-likeness (QED) is 0.375. The van der Waals surface area contributed by atoms with E-state index in [4.69, 9.17) is 9.84 Å². The van der Waals surface area contributed by atoms with E-state index < -0.39 is 6.10 Å². The molecular weight excluding hydrogens is 552 g/mol. The summed E-state index contributed by atoms with van der Waals surface area (Å²) in [6, 6.07) is 10.6. The van der Waals surface area contributed by atoms with Crippen molar-refractivity contribution in [1.82, 2.24) is 15.2 Å². The number of ketones is 1. The number of nitrogens with one attached hydrogen (secondary N) is 1. The number of aliphatic hydroxyl groups is 1. The normalized spacial score (nSPS) is 18.2. The van der Waals surface area contributed by atoms with Crippen LogP contribution in [0, 0.1) is 5.92 Å². The molecule has 10 nitrogen and oxygen atoms in total. The molecule has 2 aliphatic rings. The number of benzene rings is 1. The number of likely N-dealkylation sites (tertiary alicyclic amines) is 1. The lowest BCUT2D eigenvalue weighted by Crippen LogP contribution is -2.46. The largest absolute Gasteiger partial charge is 0.475 e. The van der Waals surface area contributed by atoms with E-state index in [0.717, 1.165) is 6.42 Å². The van der Waals surface area contributed by atoms with Crippen LogP contribution in [0.15, 0.2) is 47.2 Å². The number of fused-ring (bicyclic) bond motifs is 1. The molecule has 0 aliphatic carbocycles. The monoisotopic (exact) mass is 582 g/mol. The fourth-order valence-electron chi connectivity index (χ4n) is 4.91. The first-order chi connectivity index (χ1) is 19.5. The van der Waals surface area contributed by atoms with Crippen molar-refractivity contribution in [1.29, 1.82) is 0 Å². The lowest BCUT2D eigenvalue weighted by atomic mass is 9.96. The molecule has 1 fully saturated rings.